The smallest absolute Gasteiger partial charge is 0.351 e. The molecule has 1 aliphatic heterocycles. The summed E-state index contributed by atoms with van der Waals surface area (Å²) in [5.41, 5.74) is 0.665. The molecule has 0 spiro atoms. The Balaban J connectivity index is 2.20. The summed E-state index contributed by atoms with van der Waals surface area (Å²) in [7, 11) is 0. The van der Waals surface area contributed by atoms with Gasteiger partial charge in [-0.2, -0.15) is 0 Å². The molecule has 0 aliphatic carbocycles. The van der Waals surface area contributed by atoms with E-state index in [0.717, 1.165) is 5.56 Å². The number of cyclic esters (lactones) is 1. The number of rotatable bonds is 3. The molecular formula is C15H12O4. The second-order valence-electron chi connectivity index (χ2n) is 3.97. The Labute approximate surface area is 110 Å². The lowest BCUT2D eigenvalue weighted by Gasteiger charge is -1.94. The highest BCUT2D eigenvalue weighted by Crippen LogP contribution is 2.24. The van der Waals surface area contributed by atoms with Crippen LogP contribution in [0.2, 0.25) is 0 Å². The molecule has 0 unspecified atom stereocenters. The van der Waals surface area contributed by atoms with Crippen molar-refractivity contribution in [3.63, 3.8) is 0 Å². The van der Waals surface area contributed by atoms with E-state index < -0.39 is 17.5 Å². The molecule has 0 saturated carbocycles. The molecule has 19 heavy (non-hydrogen) atoms. The van der Waals surface area contributed by atoms with E-state index in [9.17, 15) is 14.7 Å². The summed E-state index contributed by atoms with van der Waals surface area (Å²) >= 11 is 0. The number of hydrogen-bond donors (Lipinski definition) is 1. The first-order valence-electron chi connectivity index (χ1n) is 5.69. The fourth-order valence-electron chi connectivity index (χ4n) is 1.65. The quantitative estimate of drug-likeness (QED) is 0.666. The maximum absolute atomic E-state index is 11.3. The standard InChI is InChI=1S/C15H12O4/c1-10(16)13-14(17)12(19-15(13)18)9-5-8-11-6-3-2-4-7-11/h2-9,17H,1H3/b8-5+,12-9-. The lowest BCUT2D eigenvalue weighted by molar-refractivity contribution is -0.134. The molecule has 0 aromatic heterocycles. The van der Waals surface area contributed by atoms with E-state index in [1.807, 2.05) is 30.3 Å². The van der Waals surface area contributed by atoms with Gasteiger partial charge < -0.3 is 9.84 Å². The number of aliphatic hydroxyl groups excluding tert-OH is 1. The van der Waals surface area contributed by atoms with Gasteiger partial charge in [-0.05, 0) is 18.6 Å². The second kappa shape index (κ2) is 5.35. The molecule has 2 rings (SSSR count). The van der Waals surface area contributed by atoms with Crippen molar-refractivity contribution < 1.29 is 19.4 Å². The number of esters is 1. The van der Waals surface area contributed by atoms with Crippen molar-refractivity contribution in [2.75, 3.05) is 0 Å². The minimum atomic E-state index is -0.815. The summed E-state index contributed by atoms with van der Waals surface area (Å²) in [6.45, 7) is 1.20. The van der Waals surface area contributed by atoms with Crippen LogP contribution in [0.1, 0.15) is 12.5 Å². The first-order chi connectivity index (χ1) is 9.09. The van der Waals surface area contributed by atoms with E-state index in [4.69, 9.17) is 4.74 Å². The van der Waals surface area contributed by atoms with Gasteiger partial charge in [0, 0.05) is 0 Å². The van der Waals surface area contributed by atoms with Gasteiger partial charge in [-0.15, -0.1) is 0 Å². The van der Waals surface area contributed by atoms with Crippen LogP contribution in [0, 0.1) is 0 Å². The number of carbonyl (C=O) groups excluding carboxylic acids is 2. The fourth-order valence-corrected chi connectivity index (χ4v) is 1.65. The van der Waals surface area contributed by atoms with Crippen LogP contribution >= 0.6 is 0 Å². The third kappa shape index (κ3) is 2.80. The minimum Gasteiger partial charge on any atom is -0.504 e. The lowest BCUT2D eigenvalue weighted by Crippen LogP contribution is -2.06. The maximum atomic E-state index is 11.3. The van der Waals surface area contributed by atoms with E-state index in [2.05, 4.69) is 0 Å². The molecule has 4 heteroatoms. The highest BCUT2D eigenvalue weighted by Gasteiger charge is 2.32. The Morgan fingerprint density at radius 3 is 2.53 bits per heavy atom. The molecule has 0 saturated heterocycles. The number of ketones is 1. The highest BCUT2D eigenvalue weighted by atomic mass is 16.6. The zero-order valence-electron chi connectivity index (χ0n) is 10.3. The molecule has 0 fully saturated rings. The Hall–Kier alpha value is -2.62. The molecule has 0 bridgehead atoms. The molecule has 1 heterocycles. The number of carbonyl (C=O) groups is 2. The van der Waals surface area contributed by atoms with Crippen molar-refractivity contribution in [2.24, 2.45) is 0 Å². The number of aliphatic hydroxyl groups is 1. The van der Waals surface area contributed by atoms with Crippen LogP contribution in [0.4, 0.5) is 0 Å². The molecule has 1 aliphatic rings. The molecule has 96 valence electrons. The van der Waals surface area contributed by atoms with Gasteiger partial charge in [0.15, 0.2) is 17.3 Å². The third-order valence-electron chi connectivity index (χ3n) is 2.56. The van der Waals surface area contributed by atoms with Crippen LogP contribution < -0.4 is 0 Å². The van der Waals surface area contributed by atoms with Gasteiger partial charge in [0.1, 0.15) is 5.57 Å². The maximum Gasteiger partial charge on any atom is 0.351 e. The van der Waals surface area contributed by atoms with E-state index >= 15 is 0 Å². The first kappa shape index (κ1) is 12.8. The van der Waals surface area contributed by atoms with Crippen LogP contribution in [0.5, 0.6) is 0 Å². The predicted molar refractivity (Wildman–Crippen MR) is 70.0 cm³/mol. The van der Waals surface area contributed by atoms with Gasteiger partial charge in [0.2, 0.25) is 0 Å². The summed E-state index contributed by atoms with van der Waals surface area (Å²) in [6.07, 6.45) is 4.87. The predicted octanol–water partition coefficient (Wildman–Crippen LogP) is 2.54. The molecule has 1 N–H and O–H groups in total. The van der Waals surface area contributed by atoms with E-state index in [-0.39, 0.29) is 11.3 Å². The average Bonchev–Trinajstić information content (AvgIpc) is 2.66. The second-order valence-corrected chi connectivity index (χ2v) is 3.97. The largest absolute Gasteiger partial charge is 0.504 e. The van der Waals surface area contributed by atoms with Crippen LogP contribution in [-0.4, -0.2) is 16.9 Å². The van der Waals surface area contributed by atoms with Crippen LogP contribution in [0.25, 0.3) is 6.08 Å². The van der Waals surface area contributed by atoms with Gasteiger partial charge in [-0.25, -0.2) is 4.79 Å². The van der Waals surface area contributed by atoms with Crippen molar-refractivity contribution in [1.82, 2.24) is 0 Å². The minimum absolute atomic E-state index is 0.0117. The SMILES string of the molecule is CC(=O)C1=C(O)/C(=C/C=C/c2ccccc2)OC1=O. The van der Waals surface area contributed by atoms with E-state index in [1.165, 1.54) is 13.0 Å². The normalized spacial score (nSPS) is 17.3. The summed E-state index contributed by atoms with van der Waals surface area (Å²) in [4.78, 5) is 22.5. The summed E-state index contributed by atoms with van der Waals surface area (Å²) in [5.74, 6) is -1.75. The monoisotopic (exact) mass is 256 g/mol. The third-order valence-corrected chi connectivity index (χ3v) is 2.56. The zero-order valence-corrected chi connectivity index (χ0v) is 10.3. The van der Waals surface area contributed by atoms with Gasteiger partial charge in [-0.1, -0.05) is 42.5 Å². The molecular weight excluding hydrogens is 244 g/mol. The van der Waals surface area contributed by atoms with Gasteiger partial charge in [-0.3, -0.25) is 4.79 Å². The summed E-state index contributed by atoms with van der Waals surface area (Å²) in [6, 6.07) is 9.52. The van der Waals surface area contributed by atoms with Crippen LogP contribution in [0.15, 0.2) is 59.6 Å². The van der Waals surface area contributed by atoms with Gasteiger partial charge >= 0.3 is 5.97 Å². The summed E-state index contributed by atoms with van der Waals surface area (Å²) in [5, 5.41) is 9.70. The van der Waals surface area contributed by atoms with Crippen molar-refractivity contribution >= 4 is 17.8 Å². The Kier molecular flexibility index (Phi) is 3.61. The molecule has 1 aromatic rings. The zero-order chi connectivity index (χ0) is 13.8. The number of Topliss-reactive ketones (excluding diaryl/α,β-unsaturated/α-hetero) is 1. The molecule has 4 nitrogen and oxygen atoms in total. The molecule has 0 atom stereocenters. The van der Waals surface area contributed by atoms with Gasteiger partial charge in [0.05, 0.1) is 0 Å². The molecule has 1 aromatic carbocycles. The van der Waals surface area contributed by atoms with Crippen molar-refractivity contribution in [1.29, 1.82) is 0 Å². The van der Waals surface area contributed by atoms with Gasteiger partial charge in [0.25, 0.3) is 0 Å². The van der Waals surface area contributed by atoms with Crippen molar-refractivity contribution in [2.45, 2.75) is 6.92 Å². The fraction of sp³-hybridized carbons (Fsp3) is 0.0667. The van der Waals surface area contributed by atoms with Crippen molar-refractivity contribution in [3.8, 4) is 0 Å². The first-order valence-corrected chi connectivity index (χ1v) is 5.69. The van der Waals surface area contributed by atoms with E-state index in [1.54, 1.807) is 12.2 Å². The Morgan fingerprint density at radius 2 is 1.95 bits per heavy atom. The molecule has 0 radical (unpaired) electrons. The lowest BCUT2D eigenvalue weighted by atomic mass is 10.1. The number of ether oxygens (including phenoxy) is 1. The number of allylic oxidation sites excluding steroid dienone is 2. The number of benzene rings is 1. The summed E-state index contributed by atoms with van der Waals surface area (Å²) < 4.78 is 4.81. The highest BCUT2D eigenvalue weighted by molar-refractivity contribution is 6.19. The van der Waals surface area contributed by atoms with Crippen LogP contribution in [0.3, 0.4) is 0 Å². The Bertz CT molecular complexity index is 606. The average molecular weight is 256 g/mol. The van der Waals surface area contributed by atoms with Crippen molar-refractivity contribution in [3.05, 3.63) is 65.1 Å². The Morgan fingerprint density at radius 1 is 1.26 bits per heavy atom. The van der Waals surface area contributed by atoms with Crippen LogP contribution in [-0.2, 0) is 14.3 Å². The molecule has 0 amide bonds. The number of hydrogen-bond acceptors (Lipinski definition) is 4. The topological polar surface area (TPSA) is 63.6 Å². The van der Waals surface area contributed by atoms with E-state index in [0.29, 0.717) is 0 Å².